The van der Waals surface area contributed by atoms with Gasteiger partial charge in [0.1, 0.15) is 0 Å². The van der Waals surface area contributed by atoms with Crippen molar-refractivity contribution in [2.45, 2.75) is 39.2 Å². The lowest BCUT2D eigenvalue weighted by Crippen LogP contribution is -2.30. The lowest BCUT2D eigenvalue weighted by molar-refractivity contribution is 0.350. The molecule has 1 heterocycles. The molecule has 0 saturated heterocycles. The molecule has 3 heteroatoms. The predicted molar refractivity (Wildman–Crippen MR) is 77.0 cm³/mol. The fourth-order valence-electron chi connectivity index (χ4n) is 2.92. The van der Waals surface area contributed by atoms with E-state index in [0.717, 1.165) is 17.0 Å². The molecule has 1 fully saturated rings. The van der Waals surface area contributed by atoms with Crippen molar-refractivity contribution in [1.82, 2.24) is 4.98 Å². The first-order valence-corrected chi connectivity index (χ1v) is 6.91. The van der Waals surface area contributed by atoms with Gasteiger partial charge < -0.3 is 9.73 Å². The van der Waals surface area contributed by atoms with Crippen LogP contribution in [-0.2, 0) is 0 Å². The predicted octanol–water partition coefficient (Wildman–Crippen LogP) is 4.33. The second-order valence-corrected chi connectivity index (χ2v) is 6.02. The van der Waals surface area contributed by atoms with Gasteiger partial charge in [0, 0.05) is 17.3 Å². The minimum absolute atomic E-state index is 0.377. The van der Waals surface area contributed by atoms with Crippen LogP contribution < -0.4 is 5.32 Å². The molecule has 0 bridgehead atoms. The van der Waals surface area contributed by atoms with Crippen LogP contribution in [0.2, 0.25) is 0 Å². The summed E-state index contributed by atoms with van der Waals surface area (Å²) in [7, 11) is 0. The van der Waals surface area contributed by atoms with Crippen molar-refractivity contribution in [3.8, 4) is 11.3 Å². The van der Waals surface area contributed by atoms with Crippen LogP contribution >= 0.6 is 0 Å². The molecule has 0 aliphatic heterocycles. The number of nitrogens with zero attached hydrogens (tertiary/aromatic N) is 1. The molecule has 2 aromatic rings. The zero-order valence-electron chi connectivity index (χ0n) is 11.5. The van der Waals surface area contributed by atoms with E-state index in [2.05, 4.69) is 42.3 Å². The molecular formula is C16H20N2O. The molecule has 19 heavy (non-hydrogen) atoms. The summed E-state index contributed by atoms with van der Waals surface area (Å²) < 4.78 is 5.35. The highest BCUT2D eigenvalue weighted by atomic mass is 16.3. The maximum atomic E-state index is 5.35. The number of anilines is 1. The standard InChI is InChI=1S/C16H20N2O/c1-16(2)8-4-7-15(16)18-13-6-3-5-12(9-13)14-10-17-11-19-14/h3,5-6,9-11,15,18H,4,7-8H2,1-2H3. The quantitative estimate of drug-likeness (QED) is 0.888. The molecule has 0 radical (unpaired) electrons. The van der Waals surface area contributed by atoms with Crippen LogP contribution in [0, 0.1) is 5.41 Å². The van der Waals surface area contributed by atoms with Crippen molar-refractivity contribution in [1.29, 1.82) is 0 Å². The molecule has 1 N–H and O–H groups in total. The summed E-state index contributed by atoms with van der Waals surface area (Å²) >= 11 is 0. The highest BCUT2D eigenvalue weighted by molar-refractivity contribution is 5.63. The van der Waals surface area contributed by atoms with Crippen molar-refractivity contribution in [2.24, 2.45) is 5.41 Å². The Kier molecular flexibility index (Phi) is 3.05. The number of rotatable bonds is 3. The van der Waals surface area contributed by atoms with Crippen LogP contribution in [0.3, 0.4) is 0 Å². The number of aromatic nitrogens is 1. The molecule has 1 saturated carbocycles. The Bertz CT molecular complexity index is 546. The molecule has 1 unspecified atom stereocenters. The van der Waals surface area contributed by atoms with Gasteiger partial charge in [-0.1, -0.05) is 32.4 Å². The zero-order chi connectivity index (χ0) is 13.3. The summed E-state index contributed by atoms with van der Waals surface area (Å²) in [6.45, 7) is 4.69. The average molecular weight is 256 g/mol. The number of hydrogen-bond acceptors (Lipinski definition) is 3. The third-order valence-corrected chi connectivity index (χ3v) is 4.18. The van der Waals surface area contributed by atoms with Crippen LogP contribution in [0.4, 0.5) is 5.69 Å². The maximum Gasteiger partial charge on any atom is 0.181 e. The second-order valence-electron chi connectivity index (χ2n) is 6.02. The summed E-state index contributed by atoms with van der Waals surface area (Å²) in [4.78, 5) is 3.97. The third-order valence-electron chi connectivity index (χ3n) is 4.18. The van der Waals surface area contributed by atoms with Crippen molar-refractivity contribution in [3.63, 3.8) is 0 Å². The second kappa shape index (κ2) is 4.72. The minimum atomic E-state index is 0.377. The van der Waals surface area contributed by atoms with E-state index >= 15 is 0 Å². The van der Waals surface area contributed by atoms with E-state index < -0.39 is 0 Å². The van der Waals surface area contributed by atoms with Gasteiger partial charge in [0.2, 0.25) is 0 Å². The summed E-state index contributed by atoms with van der Waals surface area (Å²) in [5.41, 5.74) is 2.61. The first-order chi connectivity index (χ1) is 9.15. The molecule has 1 aromatic carbocycles. The Morgan fingerprint density at radius 3 is 2.95 bits per heavy atom. The lowest BCUT2D eigenvalue weighted by atomic mass is 9.87. The minimum Gasteiger partial charge on any atom is -0.444 e. The summed E-state index contributed by atoms with van der Waals surface area (Å²) in [5.74, 6) is 0.814. The number of oxazole rings is 1. The maximum absolute atomic E-state index is 5.35. The number of hydrogen-bond donors (Lipinski definition) is 1. The molecule has 1 aliphatic carbocycles. The van der Waals surface area contributed by atoms with Gasteiger partial charge in [0.25, 0.3) is 0 Å². The topological polar surface area (TPSA) is 38.1 Å². The van der Waals surface area contributed by atoms with Crippen LogP contribution in [0.1, 0.15) is 33.1 Å². The van der Waals surface area contributed by atoms with E-state index in [1.54, 1.807) is 6.20 Å². The molecule has 1 aliphatic rings. The van der Waals surface area contributed by atoms with Gasteiger partial charge in [0.15, 0.2) is 12.2 Å². The van der Waals surface area contributed by atoms with Gasteiger partial charge in [-0.25, -0.2) is 4.98 Å². The molecule has 100 valence electrons. The van der Waals surface area contributed by atoms with Gasteiger partial charge in [-0.2, -0.15) is 0 Å². The molecule has 3 rings (SSSR count). The molecule has 1 atom stereocenters. The Hall–Kier alpha value is -1.77. The Balaban J connectivity index is 1.81. The number of benzene rings is 1. The van der Waals surface area contributed by atoms with Crippen molar-refractivity contribution in [3.05, 3.63) is 36.9 Å². The van der Waals surface area contributed by atoms with Crippen LogP contribution in [0.5, 0.6) is 0 Å². The fraction of sp³-hybridized carbons (Fsp3) is 0.438. The summed E-state index contributed by atoms with van der Waals surface area (Å²) in [5, 5.41) is 3.67. The molecular weight excluding hydrogens is 236 g/mol. The van der Waals surface area contributed by atoms with Crippen LogP contribution in [0.25, 0.3) is 11.3 Å². The van der Waals surface area contributed by atoms with Crippen molar-refractivity contribution in [2.75, 3.05) is 5.32 Å². The van der Waals surface area contributed by atoms with Crippen molar-refractivity contribution < 1.29 is 4.42 Å². The molecule has 0 amide bonds. The third kappa shape index (κ3) is 2.50. The van der Waals surface area contributed by atoms with Crippen LogP contribution in [-0.4, -0.2) is 11.0 Å². The van der Waals surface area contributed by atoms with Gasteiger partial charge in [0.05, 0.1) is 6.20 Å². The Morgan fingerprint density at radius 2 is 2.26 bits per heavy atom. The molecule has 3 nitrogen and oxygen atoms in total. The normalized spacial score (nSPS) is 21.5. The summed E-state index contributed by atoms with van der Waals surface area (Å²) in [6, 6.07) is 8.91. The number of nitrogens with one attached hydrogen (secondary N) is 1. The first kappa shape index (κ1) is 12.3. The van der Waals surface area contributed by atoms with E-state index in [9.17, 15) is 0 Å². The Morgan fingerprint density at radius 1 is 1.37 bits per heavy atom. The fourth-order valence-corrected chi connectivity index (χ4v) is 2.92. The Labute approximate surface area is 114 Å². The van der Waals surface area contributed by atoms with Crippen molar-refractivity contribution >= 4 is 5.69 Å². The van der Waals surface area contributed by atoms with Gasteiger partial charge in [-0.15, -0.1) is 0 Å². The SMILES string of the molecule is CC1(C)CCCC1Nc1cccc(-c2cnco2)c1. The van der Waals surface area contributed by atoms with E-state index in [1.165, 1.54) is 25.7 Å². The van der Waals surface area contributed by atoms with E-state index in [4.69, 9.17) is 4.42 Å². The van der Waals surface area contributed by atoms with E-state index in [1.807, 2.05) is 6.07 Å². The largest absolute Gasteiger partial charge is 0.444 e. The highest BCUT2D eigenvalue weighted by Crippen LogP contribution is 2.39. The van der Waals surface area contributed by atoms with E-state index in [0.29, 0.717) is 11.5 Å². The average Bonchev–Trinajstić information content (AvgIpc) is 3.01. The monoisotopic (exact) mass is 256 g/mol. The smallest absolute Gasteiger partial charge is 0.181 e. The first-order valence-electron chi connectivity index (χ1n) is 6.91. The van der Waals surface area contributed by atoms with Gasteiger partial charge in [-0.05, 0) is 30.4 Å². The summed E-state index contributed by atoms with van der Waals surface area (Å²) in [6.07, 6.45) is 7.08. The molecule has 1 aromatic heterocycles. The van der Waals surface area contributed by atoms with E-state index in [-0.39, 0.29) is 0 Å². The van der Waals surface area contributed by atoms with Gasteiger partial charge in [-0.3, -0.25) is 0 Å². The van der Waals surface area contributed by atoms with Crippen LogP contribution in [0.15, 0.2) is 41.3 Å². The lowest BCUT2D eigenvalue weighted by Gasteiger charge is -2.28. The highest BCUT2D eigenvalue weighted by Gasteiger charge is 2.34. The zero-order valence-corrected chi connectivity index (χ0v) is 11.5. The van der Waals surface area contributed by atoms with Gasteiger partial charge >= 0.3 is 0 Å². The molecule has 0 spiro atoms.